The Bertz CT molecular complexity index is 3850. The quantitative estimate of drug-likeness (QED) is 0.155. The molecule has 0 aliphatic heterocycles. The van der Waals surface area contributed by atoms with Gasteiger partial charge in [-0.1, -0.05) is 159 Å². The maximum absolute atomic E-state index is 6.81. The number of furan rings is 1. The van der Waals surface area contributed by atoms with Gasteiger partial charge in [0.2, 0.25) is 0 Å². The molecular weight excluding hydrogens is 831 g/mol. The van der Waals surface area contributed by atoms with Gasteiger partial charge in [0.05, 0.1) is 5.69 Å². The topological polar surface area (TPSA) is 16.4 Å². The summed E-state index contributed by atoms with van der Waals surface area (Å²) in [6, 6.07) is 44.8. The third-order valence-electron chi connectivity index (χ3n) is 17.6. The zero-order valence-corrected chi connectivity index (χ0v) is 43.9. The molecule has 11 rings (SSSR count). The molecule has 15 heteroatoms. The van der Waals surface area contributed by atoms with Gasteiger partial charge < -0.3 is 9.32 Å². The van der Waals surface area contributed by atoms with Crippen molar-refractivity contribution in [2.24, 2.45) is 0 Å². The molecule has 0 amide bonds. The van der Waals surface area contributed by atoms with E-state index < -0.39 is 0 Å². The second-order valence-corrected chi connectivity index (χ2v) is 21.2. The molecule has 0 N–H and O–H groups in total. The lowest BCUT2D eigenvalue weighted by Crippen LogP contribution is -2.57. The van der Waals surface area contributed by atoms with E-state index in [1.807, 2.05) is 0 Å². The molecule has 322 valence electrons. The monoisotopic (exact) mass is 886 g/mol. The third-order valence-corrected chi connectivity index (χ3v) is 17.6. The van der Waals surface area contributed by atoms with Crippen LogP contribution in [0.25, 0.3) is 77.2 Å². The van der Waals surface area contributed by atoms with E-state index in [9.17, 15) is 0 Å². The smallest absolute Gasteiger partial charge is 0.143 e. The molecule has 0 saturated heterocycles. The van der Waals surface area contributed by atoms with Crippen LogP contribution in [0.4, 0.5) is 17.1 Å². The van der Waals surface area contributed by atoms with Crippen LogP contribution in [-0.2, 0) is 5.41 Å². The summed E-state index contributed by atoms with van der Waals surface area (Å²) in [7, 11) is 30.4. The lowest BCUT2D eigenvalue weighted by atomic mass is 9.55. The minimum atomic E-state index is -0.166. The molecule has 2 nitrogen and oxygen atoms in total. The van der Waals surface area contributed by atoms with Gasteiger partial charge in [0.1, 0.15) is 113 Å². The maximum Gasteiger partial charge on any atom is 0.143 e. The molecule has 0 atom stereocenters. The second-order valence-electron chi connectivity index (χ2n) is 21.2. The summed E-state index contributed by atoms with van der Waals surface area (Å²) in [5.41, 5.74) is 36.1. The highest BCUT2D eigenvalue weighted by Crippen LogP contribution is 2.51. The molecule has 0 unspecified atom stereocenters. The Kier molecular flexibility index (Phi) is 11.0. The molecule has 1 heterocycles. The fourth-order valence-electron chi connectivity index (χ4n) is 12.8. The Balaban J connectivity index is 1.17. The predicted molar refractivity (Wildman–Crippen MR) is 346 cm³/mol. The first kappa shape index (κ1) is 46.1. The normalized spacial score (nSPS) is 12.7. The summed E-state index contributed by atoms with van der Waals surface area (Å²) in [4.78, 5) is 2.59. The predicted octanol–water partition coefficient (Wildman–Crippen LogP) is -7.12. The van der Waals surface area contributed by atoms with Gasteiger partial charge in [-0.15, -0.1) is 16.4 Å². The van der Waals surface area contributed by atoms with E-state index >= 15 is 0 Å². The van der Waals surface area contributed by atoms with Crippen molar-refractivity contribution >= 4 is 223 Å². The number of anilines is 3. The van der Waals surface area contributed by atoms with Gasteiger partial charge in [0.25, 0.3) is 0 Å². The summed E-state index contributed by atoms with van der Waals surface area (Å²) in [6.07, 6.45) is 0. The summed E-state index contributed by atoms with van der Waals surface area (Å²) >= 11 is 0. The van der Waals surface area contributed by atoms with Gasteiger partial charge in [-0.05, 0) is 85.8 Å². The lowest BCUT2D eigenvalue weighted by molar-refractivity contribution is 0.660. The maximum atomic E-state index is 6.81. The van der Waals surface area contributed by atoms with Crippen molar-refractivity contribution in [1.82, 2.24) is 0 Å². The van der Waals surface area contributed by atoms with Crippen LogP contribution in [0.5, 0.6) is 0 Å². The summed E-state index contributed by atoms with van der Waals surface area (Å²) in [5, 5.41) is 4.58. The molecule has 1 aliphatic rings. The van der Waals surface area contributed by atoms with Crippen LogP contribution in [0.2, 0.25) is 0 Å². The number of para-hydroxylation sites is 1. The summed E-state index contributed by atoms with van der Waals surface area (Å²) < 4.78 is 6.81. The van der Waals surface area contributed by atoms with Crippen molar-refractivity contribution in [3.8, 4) is 44.5 Å². The molecular formula is C55H52B13NO. The van der Waals surface area contributed by atoms with Crippen LogP contribution in [0.1, 0.15) is 25.0 Å². The van der Waals surface area contributed by atoms with Crippen LogP contribution in [0.3, 0.4) is 0 Å². The minimum Gasteiger partial charge on any atom is -0.455 e. The number of nitrogens with zero attached hydrogens (tertiary/aromatic N) is 1. The average Bonchev–Trinajstić information content (AvgIpc) is 3.87. The minimum absolute atomic E-state index is 0.166. The lowest BCUT2D eigenvalue weighted by Gasteiger charge is -2.35. The number of benzene rings is 9. The first-order valence-corrected chi connectivity index (χ1v) is 25.2. The van der Waals surface area contributed by atoms with E-state index in [1.165, 1.54) is 127 Å². The van der Waals surface area contributed by atoms with Crippen LogP contribution >= 0.6 is 0 Å². The van der Waals surface area contributed by atoms with E-state index in [-0.39, 0.29) is 5.41 Å². The van der Waals surface area contributed by atoms with Crippen molar-refractivity contribution in [1.29, 1.82) is 0 Å². The van der Waals surface area contributed by atoms with Gasteiger partial charge in [0.15, 0.2) is 0 Å². The molecule has 1 aromatic heterocycles. The highest BCUT2D eigenvalue weighted by atomic mass is 16.3. The number of hydrogen-bond donors (Lipinski definition) is 0. The van der Waals surface area contributed by atoms with Crippen molar-refractivity contribution < 1.29 is 4.42 Å². The first-order valence-electron chi connectivity index (χ1n) is 25.2. The Morgan fingerprint density at radius 1 is 0.386 bits per heavy atom. The molecule has 0 fully saturated rings. The molecule has 0 saturated carbocycles. The van der Waals surface area contributed by atoms with E-state index in [0.717, 1.165) is 49.8 Å². The van der Waals surface area contributed by atoms with E-state index in [0.29, 0.717) is 0 Å². The highest BCUT2D eigenvalue weighted by molar-refractivity contribution is 6.72. The van der Waals surface area contributed by atoms with Gasteiger partial charge in [-0.3, -0.25) is 0 Å². The zero-order chi connectivity index (χ0) is 49.4. The Hall–Kier alpha value is -6.32. The largest absolute Gasteiger partial charge is 0.455 e. The molecule has 1 aliphatic carbocycles. The van der Waals surface area contributed by atoms with Crippen LogP contribution in [0.15, 0.2) is 126 Å². The average molecular weight is 884 g/mol. The van der Waals surface area contributed by atoms with Crippen LogP contribution in [0, 0.1) is 0 Å². The standard InChI is InChI=1S/C55H52B13NO/c1-55(2)31-15-7-5-12-26(31)27-21-19-24(22-32(27)55)69(33-16-8-6-13-28(33)29-14-9-17-34-35(29)30-20-18-23-10-3-4-11-25(23)54(30)70-34)53-51(67)46(62)39(47(63)52(53)68)37-42(58)40(56)36(41(57)43(37)59)38-44(60)48(64)50(66)49(65)45(38)61/h3-22H,56-68H2,1-2H3. The fraction of sp³-hybridized carbons (Fsp3) is 0.0545. The molecule has 0 radical (unpaired) electrons. The van der Waals surface area contributed by atoms with Gasteiger partial charge in [-0.2, -0.15) is 0 Å². The fourth-order valence-corrected chi connectivity index (χ4v) is 12.8. The van der Waals surface area contributed by atoms with Crippen molar-refractivity contribution in [2.75, 3.05) is 4.90 Å². The van der Waals surface area contributed by atoms with Gasteiger partial charge in [0, 0.05) is 38.5 Å². The molecule has 9 aromatic carbocycles. The molecule has 70 heavy (non-hydrogen) atoms. The van der Waals surface area contributed by atoms with Crippen molar-refractivity contribution in [3.05, 3.63) is 132 Å². The highest BCUT2D eigenvalue weighted by Gasteiger charge is 2.36. The Morgan fingerprint density at radius 3 is 1.50 bits per heavy atom. The summed E-state index contributed by atoms with van der Waals surface area (Å²) in [5.74, 6) is 0. The summed E-state index contributed by atoms with van der Waals surface area (Å²) in [6.45, 7) is 4.77. The number of rotatable bonds is 6. The molecule has 10 aromatic rings. The molecule has 0 bridgehead atoms. The van der Waals surface area contributed by atoms with Crippen molar-refractivity contribution in [3.63, 3.8) is 0 Å². The first-order chi connectivity index (χ1) is 33.4. The van der Waals surface area contributed by atoms with Crippen LogP contribution < -0.4 is 75.9 Å². The Labute approximate surface area is 425 Å². The molecule has 0 spiro atoms. The van der Waals surface area contributed by atoms with Gasteiger partial charge in [-0.25, -0.2) is 0 Å². The van der Waals surface area contributed by atoms with Crippen LogP contribution in [-0.4, -0.2) is 102 Å². The van der Waals surface area contributed by atoms with Gasteiger partial charge >= 0.3 is 0 Å². The van der Waals surface area contributed by atoms with Crippen molar-refractivity contribution in [2.45, 2.75) is 19.3 Å². The number of fused-ring (bicyclic) bond motifs is 8. The second kappa shape index (κ2) is 16.7. The zero-order valence-electron chi connectivity index (χ0n) is 43.9. The van der Waals surface area contributed by atoms with E-state index in [2.05, 4.69) is 242 Å². The van der Waals surface area contributed by atoms with E-state index in [4.69, 9.17) is 4.42 Å². The Morgan fingerprint density at radius 2 is 0.871 bits per heavy atom. The third kappa shape index (κ3) is 6.52. The number of hydrogen-bond acceptors (Lipinski definition) is 2. The van der Waals surface area contributed by atoms with E-state index in [1.54, 1.807) is 0 Å². The SMILES string of the molecule is Bc1c(B)c(B)c(-c2c(B)c(B)c(-c3c(B)c(B)c(N(c4ccc5c(c4)C(C)(C)c4ccccc4-5)c4ccccc4-c4cccc5oc6c7ccccc7ccc6c45)c(B)c3B)c(B)c2B)c(B)c1B.